The summed E-state index contributed by atoms with van der Waals surface area (Å²) >= 11 is 0. The van der Waals surface area contributed by atoms with Crippen molar-refractivity contribution in [2.24, 2.45) is 0 Å². The average Bonchev–Trinajstić information content (AvgIpc) is 3.05. The van der Waals surface area contributed by atoms with Crippen LogP contribution in [-0.2, 0) is 0 Å². The average molecular weight is 295 g/mol. The van der Waals surface area contributed by atoms with Gasteiger partial charge < -0.3 is 4.42 Å². The van der Waals surface area contributed by atoms with E-state index in [0.29, 0.717) is 5.89 Å². The Kier molecular flexibility index (Phi) is 3.38. The first-order chi connectivity index (χ1) is 11.4. The monoisotopic (exact) mass is 295 g/mol. The molecule has 0 unspecified atom stereocenters. The molecule has 0 aliphatic rings. The summed E-state index contributed by atoms with van der Waals surface area (Å²) in [6.45, 7) is 0. The second-order valence-corrected chi connectivity index (χ2v) is 5.15. The zero-order chi connectivity index (χ0) is 15.5. The Bertz CT molecular complexity index is 987. The molecule has 4 aromatic rings. The molecule has 0 N–H and O–H groups in total. The standard InChI is InChI=1S/C21H13NO/c1-2-8-16(9-3-1)14-15-17-10-4-5-11-18(17)21-22-19-12-6-7-13-20(19)23-21/h1-13H. The fourth-order valence-corrected chi connectivity index (χ4v) is 2.43. The number of rotatable bonds is 1. The van der Waals surface area contributed by atoms with Gasteiger partial charge in [0.25, 0.3) is 0 Å². The lowest BCUT2D eigenvalue weighted by Crippen LogP contribution is -1.84. The van der Waals surface area contributed by atoms with Crippen molar-refractivity contribution in [1.82, 2.24) is 4.98 Å². The van der Waals surface area contributed by atoms with Crippen LogP contribution in [-0.4, -0.2) is 4.98 Å². The second-order valence-electron chi connectivity index (χ2n) is 5.15. The van der Waals surface area contributed by atoms with Gasteiger partial charge in [0.05, 0.1) is 5.56 Å². The summed E-state index contributed by atoms with van der Waals surface area (Å²) in [5, 5.41) is 0. The molecule has 0 saturated carbocycles. The number of hydrogen-bond acceptors (Lipinski definition) is 2. The van der Waals surface area contributed by atoms with Gasteiger partial charge >= 0.3 is 0 Å². The normalized spacial score (nSPS) is 10.3. The van der Waals surface area contributed by atoms with Crippen LogP contribution in [0.25, 0.3) is 22.6 Å². The Balaban J connectivity index is 1.80. The van der Waals surface area contributed by atoms with E-state index in [0.717, 1.165) is 27.8 Å². The van der Waals surface area contributed by atoms with Crippen LogP contribution in [0.15, 0.2) is 83.3 Å². The first kappa shape index (κ1) is 13.4. The highest BCUT2D eigenvalue weighted by atomic mass is 16.3. The van der Waals surface area contributed by atoms with E-state index in [9.17, 15) is 0 Å². The summed E-state index contributed by atoms with van der Waals surface area (Å²) in [5.74, 6) is 7.01. The molecule has 23 heavy (non-hydrogen) atoms. The van der Waals surface area contributed by atoms with E-state index in [2.05, 4.69) is 16.8 Å². The van der Waals surface area contributed by atoms with Crippen LogP contribution in [0.2, 0.25) is 0 Å². The number of benzene rings is 3. The number of hydrogen-bond donors (Lipinski definition) is 0. The minimum Gasteiger partial charge on any atom is -0.436 e. The fraction of sp³-hybridized carbons (Fsp3) is 0. The first-order valence-corrected chi connectivity index (χ1v) is 7.42. The smallest absolute Gasteiger partial charge is 0.228 e. The van der Waals surface area contributed by atoms with Crippen molar-refractivity contribution >= 4 is 11.1 Å². The van der Waals surface area contributed by atoms with Gasteiger partial charge in [0.15, 0.2) is 5.58 Å². The quantitative estimate of drug-likeness (QED) is 0.467. The van der Waals surface area contributed by atoms with E-state index in [1.54, 1.807) is 0 Å². The molecule has 1 heterocycles. The van der Waals surface area contributed by atoms with Crippen molar-refractivity contribution in [2.75, 3.05) is 0 Å². The third kappa shape index (κ3) is 2.73. The number of fused-ring (bicyclic) bond motifs is 1. The molecule has 0 aliphatic carbocycles. The number of nitrogens with zero attached hydrogens (tertiary/aromatic N) is 1. The van der Waals surface area contributed by atoms with Gasteiger partial charge in [-0.2, -0.15) is 0 Å². The third-order valence-corrected chi connectivity index (χ3v) is 3.57. The summed E-state index contributed by atoms with van der Waals surface area (Å²) in [5.41, 5.74) is 4.44. The van der Waals surface area contributed by atoms with Gasteiger partial charge in [-0.15, -0.1) is 0 Å². The SMILES string of the molecule is C(#Cc1ccccc1-c1nc2ccccc2o1)c1ccccc1. The van der Waals surface area contributed by atoms with E-state index in [1.165, 1.54) is 0 Å². The maximum Gasteiger partial charge on any atom is 0.228 e. The van der Waals surface area contributed by atoms with Crippen LogP contribution < -0.4 is 0 Å². The Morgan fingerprint density at radius 3 is 2.30 bits per heavy atom. The maximum absolute atomic E-state index is 5.87. The summed E-state index contributed by atoms with van der Waals surface area (Å²) in [6, 6.07) is 25.6. The highest BCUT2D eigenvalue weighted by Gasteiger charge is 2.10. The molecule has 3 aromatic carbocycles. The summed E-state index contributed by atoms with van der Waals surface area (Å²) in [4.78, 5) is 4.56. The molecular weight excluding hydrogens is 282 g/mol. The lowest BCUT2D eigenvalue weighted by atomic mass is 10.1. The van der Waals surface area contributed by atoms with Gasteiger partial charge in [0.2, 0.25) is 5.89 Å². The van der Waals surface area contributed by atoms with Crippen molar-refractivity contribution < 1.29 is 4.42 Å². The topological polar surface area (TPSA) is 26.0 Å². The number of oxazole rings is 1. The molecular formula is C21H13NO. The van der Waals surface area contributed by atoms with Crippen molar-refractivity contribution in [2.45, 2.75) is 0 Å². The van der Waals surface area contributed by atoms with Crippen molar-refractivity contribution in [3.63, 3.8) is 0 Å². The van der Waals surface area contributed by atoms with Crippen molar-refractivity contribution in [1.29, 1.82) is 0 Å². The van der Waals surface area contributed by atoms with E-state index in [4.69, 9.17) is 4.42 Å². The fourth-order valence-electron chi connectivity index (χ4n) is 2.43. The molecule has 4 rings (SSSR count). The molecule has 0 aliphatic heterocycles. The maximum atomic E-state index is 5.87. The Labute approximate surface area is 134 Å². The highest BCUT2D eigenvalue weighted by molar-refractivity contribution is 5.77. The molecule has 1 aromatic heterocycles. The van der Waals surface area contributed by atoms with Gasteiger partial charge in [0.1, 0.15) is 5.52 Å². The van der Waals surface area contributed by atoms with Gasteiger partial charge in [-0.25, -0.2) is 4.98 Å². The predicted molar refractivity (Wildman–Crippen MR) is 91.9 cm³/mol. The molecule has 2 heteroatoms. The lowest BCUT2D eigenvalue weighted by Gasteiger charge is -1.99. The van der Waals surface area contributed by atoms with Gasteiger partial charge in [-0.3, -0.25) is 0 Å². The van der Waals surface area contributed by atoms with Crippen LogP contribution in [0.1, 0.15) is 11.1 Å². The van der Waals surface area contributed by atoms with E-state index >= 15 is 0 Å². The molecule has 0 fully saturated rings. The zero-order valence-corrected chi connectivity index (χ0v) is 12.4. The van der Waals surface area contributed by atoms with Crippen LogP contribution in [0, 0.1) is 11.8 Å². The summed E-state index contributed by atoms with van der Waals surface area (Å²) < 4.78 is 5.87. The number of aromatic nitrogens is 1. The van der Waals surface area contributed by atoms with E-state index < -0.39 is 0 Å². The predicted octanol–water partition coefficient (Wildman–Crippen LogP) is 4.89. The number of para-hydroxylation sites is 2. The van der Waals surface area contributed by atoms with Crippen molar-refractivity contribution in [3.05, 3.63) is 90.0 Å². The summed E-state index contributed by atoms with van der Waals surface area (Å²) in [6.07, 6.45) is 0. The largest absolute Gasteiger partial charge is 0.436 e. The van der Waals surface area contributed by atoms with Crippen LogP contribution in [0.3, 0.4) is 0 Å². The van der Waals surface area contributed by atoms with Gasteiger partial charge in [-0.05, 0) is 36.4 Å². The van der Waals surface area contributed by atoms with E-state index in [-0.39, 0.29) is 0 Å². The highest BCUT2D eigenvalue weighted by Crippen LogP contribution is 2.26. The van der Waals surface area contributed by atoms with Crippen molar-refractivity contribution in [3.8, 4) is 23.3 Å². The molecule has 0 radical (unpaired) electrons. The molecule has 2 nitrogen and oxygen atoms in total. The van der Waals surface area contributed by atoms with Crippen LogP contribution >= 0.6 is 0 Å². The third-order valence-electron chi connectivity index (χ3n) is 3.57. The lowest BCUT2D eigenvalue weighted by molar-refractivity contribution is 0.619. The van der Waals surface area contributed by atoms with Crippen LogP contribution in [0.4, 0.5) is 0 Å². The molecule has 0 spiro atoms. The Morgan fingerprint density at radius 2 is 1.43 bits per heavy atom. The molecule has 0 atom stereocenters. The van der Waals surface area contributed by atoms with Crippen LogP contribution in [0.5, 0.6) is 0 Å². The molecule has 0 amide bonds. The molecule has 0 saturated heterocycles. The second kappa shape index (κ2) is 5.82. The van der Waals surface area contributed by atoms with Gasteiger partial charge in [0, 0.05) is 11.1 Å². The Morgan fingerprint density at radius 1 is 0.696 bits per heavy atom. The molecule has 108 valence electrons. The zero-order valence-electron chi connectivity index (χ0n) is 12.4. The van der Waals surface area contributed by atoms with Gasteiger partial charge in [-0.1, -0.05) is 54.3 Å². The molecule has 0 bridgehead atoms. The Hall–Kier alpha value is -3.31. The van der Waals surface area contributed by atoms with E-state index in [1.807, 2.05) is 78.9 Å². The minimum absolute atomic E-state index is 0.601. The minimum atomic E-state index is 0.601. The first-order valence-electron chi connectivity index (χ1n) is 7.42. The summed E-state index contributed by atoms with van der Waals surface area (Å²) in [7, 11) is 0.